The first-order valence-corrected chi connectivity index (χ1v) is 11.0. The van der Waals surface area contributed by atoms with E-state index in [0.717, 1.165) is 48.5 Å². The number of fused-ring (bicyclic) bond motifs is 1. The number of allylic oxidation sites excluding steroid dienone is 5. The topological polar surface area (TPSA) is 67.3 Å². The molecule has 0 fully saturated rings. The van der Waals surface area contributed by atoms with Gasteiger partial charge in [0.15, 0.2) is 0 Å². The van der Waals surface area contributed by atoms with Gasteiger partial charge in [-0.15, -0.1) is 0 Å². The van der Waals surface area contributed by atoms with Crippen LogP contribution in [0.15, 0.2) is 41.1 Å². The van der Waals surface area contributed by atoms with Crippen molar-refractivity contribution < 1.29 is 9.53 Å². The van der Waals surface area contributed by atoms with E-state index in [1.54, 1.807) is 4.90 Å². The molecule has 0 aromatic carbocycles. The van der Waals surface area contributed by atoms with Crippen LogP contribution in [0.25, 0.3) is 0 Å². The Hall–Kier alpha value is -2.34. The highest BCUT2D eigenvalue weighted by Crippen LogP contribution is 2.22. The van der Waals surface area contributed by atoms with E-state index in [2.05, 4.69) is 16.4 Å². The Morgan fingerprint density at radius 1 is 1.30 bits per heavy atom. The number of hydrogen-bond donors (Lipinski definition) is 1. The number of aromatic nitrogens is 2. The van der Waals surface area contributed by atoms with Crippen molar-refractivity contribution in [2.24, 2.45) is 0 Å². The summed E-state index contributed by atoms with van der Waals surface area (Å²) >= 11 is 6.32. The van der Waals surface area contributed by atoms with E-state index in [-0.39, 0.29) is 6.09 Å². The number of nitrogens with zero attached hydrogens (tertiary/aromatic N) is 3. The smallest absolute Gasteiger partial charge is 0.410 e. The predicted octanol–water partition coefficient (Wildman–Crippen LogP) is 5.01. The monoisotopic (exact) mass is 430 g/mol. The third-order valence-corrected chi connectivity index (χ3v) is 5.99. The van der Waals surface area contributed by atoms with E-state index in [4.69, 9.17) is 21.3 Å². The van der Waals surface area contributed by atoms with Crippen LogP contribution in [-0.4, -0.2) is 46.2 Å². The number of hydrogen-bond acceptors (Lipinski definition) is 5. The highest BCUT2D eigenvalue weighted by molar-refractivity contribution is 6.31. The zero-order chi connectivity index (χ0) is 21.6. The summed E-state index contributed by atoms with van der Waals surface area (Å²) in [5.74, 6) is 0.619. The van der Waals surface area contributed by atoms with E-state index in [1.165, 1.54) is 5.57 Å². The molecular formula is C23H31ClN4O2. The largest absolute Gasteiger partial charge is 0.443 e. The fourth-order valence-electron chi connectivity index (χ4n) is 3.31. The molecule has 2 aliphatic rings. The van der Waals surface area contributed by atoms with Gasteiger partial charge in [-0.2, -0.15) is 0 Å². The van der Waals surface area contributed by atoms with E-state index in [1.807, 2.05) is 45.2 Å². The standard InChI is InChI=1S/C23H31ClN4O2/c1-4-23(2,3)30-22(29)28-14-11-18-16-26-21(27-20(18)12-15-28)25-13-10-17-8-6-5-7-9-19(17)24/h5-7,9,16H,4,8,10-15H2,1-3H3,(H,25,26,27). The number of carbonyl (C=O) groups excluding carboxylic acids is 1. The third-order valence-electron chi connectivity index (χ3n) is 5.60. The zero-order valence-corrected chi connectivity index (χ0v) is 18.8. The van der Waals surface area contributed by atoms with Crippen LogP contribution in [0, 0.1) is 0 Å². The molecule has 1 N–H and O–H groups in total. The lowest BCUT2D eigenvalue weighted by molar-refractivity contribution is 0.0121. The van der Waals surface area contributed by atoms with E-state index in [9.17, 15) is 4.79 Å². The number of carbonyl (C=O) groups is 1. The van der Waals surface area contributed by atoms with Gasteiger partial charge in [-0.05, 0) is 56.7 Å². The molecule has 0 spiro atoms. The molecule has 0 atom stereocenters. The van der Waals surface area contributed by atoms with E-state index >= 15 is 0 Å². The second-order valence-corrected chi connectivity index (χ2v) is 8.66. The average Bonchev–Trinajstić information content (AvgIpc) is 3.06. The van der Waals surface area contributed by atoms with Gasteiger partial charge in [-0.3, -0.25) is 0 Å². The van der Waals surface area contributed by atoms with Crippen LogP contribution < -0.4 is 5.32 Å². The molecule has 3 rings (SSSR count). The second-order valence-electron chi connectivity index (χ2n) is 8.25. The van der Waals surface area contributed by atoms with Crippen molar-refractivity contribution in [3.05, 3.63) is 52.4 Å². The van der Waals surface area contributed by atoms with E-state index < -0.39 is 5.60 Å². The fraction of sp³-hybridized carbons (Fsp3) is 0.522. The lowest BCUT2D eigenvalue weighted by Crippen LogP contribution is -2.39. The van der Waals surface area contributed by atoms with Gasteiger partial charge in [-0.1, -0.05) is 36.8 Å². The van der Waals surface area contributed by atoms with Crippen LogP contribution in [0.4, 0.5) is 10.7 Å². The predicted molar refractivity (Wildman–Crippen MR) is 121 cm³/mol. The molecule has 30 heavy (non-hydrogen) atoms. The first-order valence-electron chi connectivity index (χ1n) is 10.7. The van der Waals surface area contributed by atoms with Crippen LogP contribution in [0.1, 0.15) is 51.3 Å². The van der Waals surface area contributed by atoms with Crippen LogP contribution in [0.2, 0.25) is 0 Å². The SMILES string of the molecule is CCC(C)(C)OC(=O)N1CCc2cnc(NCCC3=C(Cl)C=CC=CC3)nc2CC1. The van der Waals surface area contributed by atoms with Crippen molar-refractivity contribution in [3.63, 3.8) is 0 Å². The van der Waals surface area contributed by atoms with Crippen LogP contribution in [-0.2, 0) is 17.6 Å². The number of rotatable bonds is 6. The molecule has 2 heterocycles. The number of amides is 1. The van der Waals surface area contributed by atoms with Crippen molar-refractivity contribution in [2.75, 3.05) is 25.0 Å². The molecule has 1 aromatic rings. The molecule has 162 valence electrons. The van der Waals surface area contributed by atoms with Gasteiger partial charge in [0, 0.05) is 37.3 Å². The van der Waals surface area contributed by atoms with Crippen molar-refractivity contribution in [2.45, 2.75) is 58.5 Å². The summed E-state index contributed by atoms with van der Waals surface area (Å²) in [5.41, 5.74) is 2.84. The summed E-state index contributed by atoms with van der Waals surface area (Å²) in [7, 11) is 0. The summed E-state index contributed by atoms with van der Waals surface area (Å²) in [6.45, 7) is 7.83. The second kappa shape index (κ2) is 10.1. The Bertz CT molecular complexity index is 861. The molecule has 7 heteroatoms. The molecule has 1 aliphatic heterocycles. The van der Waals surface area contributed by atoms with Gasteiger partial charge >= 0.3 is 6.09 Å². The van der Waals surface area contributed by atoms with Gasteiger partial charge in [0.05, 0.1) is 5.69 Å². The van der Waals surface area contributed by atoms with Gasteiger partial charge in [-0.25, -0.2) is 14.8 Å². The van der Waals surface area contributed by atoms with Crippen molar-refractivity contribution in [3.8, 4) is 0 Å². The Kier molecular flexibility index (Phi) is 7.53. The minimum Gasteiger partial charge on any atom is -0.443 e. The number of halogens is 1. The maximum atomic E-state index is 12.5. The van der Waals surface area contributed by atoms with E-state index in [0.29, 0.717) is 25.5 Å². The first-order chi connectivity index (χ1) is 14.4. The highest BCUT2D eigenvalue weighted by atomic mass is 35.5. The fourth-order valence-corrected chi connectivity index (χ4v) is 3.55. The van der Waals surface area contributed by atoms with Gasteiger partial charge in [0.2, 0.25) is 5.95 Å². The molecule has 0 bridgehead atoms. The Morgan fingerprint density at radius 3 is 2.90 bits per heavy atom. The molecule has 0 saturated carbocycles. The summed E-state index contributed by atoms with van der Waals surface area (Å²) in [4.78, 5) is 23.5. The van der Waals surface area contributed by atoms with Crippen molar-refractivity contribution in [1.29, 1.82) is 0 Å². The molecular weight excluding hydrogens is 400 g/mol. The highest BCUT2D eigenvalue weighted by Gasteiger charge is 2.26. The summed E-state index contributed by atoms with van der Waals surface area (Å²) in [6, 6.07) is 0. The number of anilines is 1. The van der Waals surface area contributed by atoms with Gasteiger partial charge in [0.25, 0.3) is 0 Å². The average molecular weight is 431 g/mol. The Morgan fingerprint density at radius 2 is 2.10 bits per heavy atom. The summed E-state index contributed by atoms with van der Waals surface area (Å²) in [5, 5.41) is 4.12. The molecule has 1 aromatic heterocycles. The van der Waals surface area contributed by atoms with Crippen LogP contribution in [0.5, 0.6) is 0 Å². The zero-order valence-electron chi connectivity index (χ0n) is 18.1. The summed E-state index contributed by atoms with van der Waals surface area (Å²) < 4.78 is 5.65. The molecule has 0 radical (unpaired) electrons. The lowest BCUT2D eigenvalue weighted by atomic mass is 10.1. The van der Waals surface area contributed by atoms with Gasteiger partial charge in [0.1, 0.15) is 5.60 Å². The summed E-state index contributed by atoms with van der Waals surface area (Å²) in [6.07, 6.45) is 13.5. The number of nitrogens with one attached hydrogen (secondary N) is 1. The minimum atomic E-state index is -0.450. The molecule has 1 aliphatic carbocycles. The Labute approximate surface area is 184 Å². The maximum Gasteiger partial charge on any atom is 0.410 e. The number of ether oxygens (including phenoxy) is 1. The quantitative estimate of drug-likeness (QED) is 0.686. The van der Waals surface area contributed by atoms with Gasteiger partial charge < -0.3 is 15.0 Å². The Balaban J connectivity index is 1.56. The lowest BCUT2D eigenvalue weighted by Gasteiger charge is -2.28. The molecule has 6 nitrogen and oxygen atoms in total. The first kappa shape index (κ1) is 22.3. The van der Waals surface area contributed by atoms with Crippen molar-refractivity contribution >= 4 is 23.6 Å². The van der Waals surface area contributed by atoms with Crippen LogP contribution >= 0.6 is 11.6 Å². The molecule has 0 unspecified atom stereocenters. The molecule has 0 saturated heterocycles. The third kappa shape index (κ3) is 6.08. The normalized spacial score (nSPS) is 16.7. The van der Waals surface area contributed by atoms with Crippen LogP contribution in [0.3, 0.4) is 0 Å². The van der Waals surface area contributed by atoms with Crippen molar-refractivity contribution in [1.82, 2.24) is 14.9 Å². The molecule has 1 amide bonds. The minimum absolute atomic E-state index is 0.252. The maximum absolute atomic E-state index is 12.5.